The number of alkyl halides is 3. The minimum Gasteiger partial charge on any atom is -0.494 e. The Morgan fingerprint density at radius 2 is 2.12 bits per heavy atom. The molecule has 1 saturated heterocycles. The van der Waals surface area contributed by atoms with Crippen LogP contribution in [0.4, 0.5) is 13.2 Å². The average Bonchev–Trinajstić information content (AvgIpc) is 3.10. The Morgan fingerprint density at radius 1 is 1.36 bits per heavy atom. The van der Waals surface area contributed by atoms with Crippen LogP contribution in [0.3, 0.4) is 0 Å². The lowest BCUT2D eigenvalue weighted by Crippen LogP contribution is -2.51. The van der Waals surface area contributed by atoms with Gasteiger partial charge in [0.1, 0.15) is 11.4 Å². The maximum absolute atomic E-state index is 12.8. The molecule has 2 heterocycles. The van der Waals surface area contributed by atoms with E-state index < -0.39 is 24.7 Å². The van der Waals surface area contributed by atoms with Gasteiger partial charge in [0.05, 0.1) is 32.0 Å². The Kier molecular flexibility index (Phi) is 4.67. The Bertz CT molecular complexity index is 760. The molecule has 1 atom stereocenters. The maximum Gasteiger partial charge on any atom is 0.416 e. The van der Waals surface area contributed by atoms with Gasteiger partial charge in [-0.25, -0.2) is 4.68 Å². The van der Waals surface area contributed by atoms with Gasteiger partial charge in [0.25, 0.3) is 5.91 Å². The maximum atomic E-state index is 12.8. The number of rotatable bonds is 3. The van der Waals surface area contributed by atoms with Crippen molar-refractivity contribution in [3.05, 3.63) is 42.2 Å². The van der Waals surface area contributed by atoms with Crippen LogP contribution in [0.15, 0.2) is 36.7 Å². The summed E-state index contributed by atoms with van der Waals surface area (Å²) in [7, 11) is 1.51. The molecule has 9 heteroatoms. The predicted molar refractivity (Wildman–Crippen MR) is 81.8 cm³/mol. The lowest BCUT2D eigenvalue weighted by Gasteiger charge is -2.33. The van der Waals surface area contributed by atoms with Crippen LogP contribution in [0.5, 0.6) is 5.75 Å². The van der Waals surface area contributed by atoms with Gasteiger partial charge < -0.3 is 14.4 Å². The third kappa shape index (κ3) is 3.60. The summed E-state index contributed by atoms with van der Waals surface area (Å²) < 4.78 is 49.8. The number of halogens is 3. The first-order valence-corrected chi connectivity index (χ1v) is 7.56. The third-order valence-corrected chi connectivity index (χ3v) is 3.88. The summed E-state index contributed by atoms with van der Waals surface area (Å²) in [5.41, 5.74) is 0.827. The van der Waals surface area contributed by atoms with E-state index in [2.05, 4.69) is 5.10 Å². The van der Waals surface area contributed by atoms with Crippen molar-refractivity contribution >= 4 is 5.91 Å². The molecule has 0 radical (unpaired) electrons. The van der Waals surface area contributed by atoms with Gasteiger partial charge in [-0.3, -0.25) is 4.79 Å². The van der Waals surface area contributed by atoms with Gasteiger partial charge in [-0.15, -0.1) is 0 Å². The molecular formula is C16H16F3N3O3. The molecule has 0 N–H and O–H groups in total. The highest BCUT2D eigenvalue weighted by atomic mass is 19.4. The normalized spacial score (nSPS) is 18.2. The van der Waals surface area contributed by atoms with Crippen molar-refractivity contribution in [3.8, 4) is 11.4 Å². The summed E-state index contributed by atoms with van der Waals surface area (Å²) in [6, 6.07) is 7.09. The molecule has 0 spiro atoms. The van der Waals surface area contributed by atoms with Crippen LogP contribution < -0.4 is 4.74 Å². The van der Waals surface area contributed by atoms with Crippen LogP contribution in [0.2, 0.25) is 0 Å². The van der Waals surface area contributed by atoms with Crippen LogP contribution in [-0.4, -0.2) is 59.7 Å². The van der Waals surface area contributed by atoms with Crippen molar-refractivity contribution in [2.75, 3.05) is 26.8 Å². The van der Waals surface area contributed by atoms with Gasteiger partial charge in [0.2, 0.25) is 0 Å². The minimum absolute atomic E-state index is 0.102. The Balaban J connectivity index is 1.79. The molecule has 0 bridgehead atoms. The van der Waals surface area contributed by atoms with E-state index >= 15 is 0 Å². The summed E-state index contributed by atoms with van der Waals surface area (Å²) in [6.07, 6.45) is -3.67. The number of amides is 1. The lowest BCUT2D eigenvalue weighted by atomic mass is 10.2. The van der Waals surface area contributed by atoms with E-state index in [1.54, 1.807) is 24.3 Å². The number of morpholine rings is 1. The topological polar surface area (TPSA) is 56.6 Å². The van der Waals surface area contributed by atoms with Crippen molar-refractivity contribution in [1.29, 1.82) is 0 Å². The number of carbonyl (C=O) groups excluding carboxylic acids is 1. The van der Waals surface area contributed by atoms with E-state index in [1.807, 2.05) is 0 Å². The Labute approximate surface area is 141 Å². The summed E-state index contributed by atoms with van der Waals surface area (Å²) in [5.74, 6) is 0.0480. The first kappa shape index (κ1) is 17.3. The van der Waals surface area contributed by atoms with Gasteiger partial charge in [-0.1, -0.05) is 12.1 Å². The predicted octanol–water partition coefficient (Wildman–Crippen LogP) is 2.28. The van der Waals surface area contributed by atoms with E-state index in [4.69, 9.17) is 9.47 Å². The SMILES string of the molecule is COc1ccccc1-n1cc(C(=O)N2CCO[C@@H](C(F)(F)F)C2)cn1. The number of carbonyl (C=O) groups is 1. The van der Waals surface area contributed by atoms with Gasteiger partial charge >= 0.3 is 6.18 Å². The van der Waals surface area contributed by atoms with Crippen molar-refractivity contribution in [2.24, 2.45) is 0 Å². The molecular weight excluding hydrogens is 339 g/mol. The zero-order valence-electron chi connectivity index (χ0n) is 13.4. The Hall–Kier alpha value is -2.55. The first-order chi connectivity index (χ1) is 11.9. The molecule has 0 unspecified atom stereocenters. The summed E-state index contributed by atoms with van der Waals surface area (Å²) >= 11 is 0. The molecule has 0 saturated carbocycles. The molecule has 3 rings (SSSR count). The summed E-state index contributed by atoms with van der Waals surface area (Å²) in [6.45, 7) is -0.579. The number of benzene rings is 1. The number of para-hydroxylation sites is 2. The molecule has 134 valence electrons. The first-order valence-electron chi connectivity index (χ1n) is 7.56. The fourth-order valence-corrected chi connectivity index (χ4v) is 2.60. The quantitative estimate of drug-likeness (QED) is 0.848. The van der Waals surface area contributed by atoms with Crippen LogP contribution in [-0.2, 0) is 4.74 Å². The zero-order chi connectivity index (χ0) is 18.0. The molecule has 25 heavy (non-hydrogen) atoms. The second-order valence-corrected chi connectivity index (χ2v) is 5.50. The summed E-state index contributed by atoms with van der Waals surface area (Å²) in [4.78, 5) is 13.6. The number of nitrogens with zero attached hydrogens (tertiary/aromatic N) is 3. The highest BCUT2D eigenvalue weighted by molar-refractivity contribution is 5.94. The molecule has 2 aromatic rings. The monoisotopic (exact) mass is 355 g/mol. The minimum atomic E-state index is -4.50. The van der Waals surface area contributed by atoms with Gasteiger partial charge in [0, 0.05) is 12.7 Å². The van der Waals surface area contributed by atoms with E-state index in [-0.39, 0.29) is 18.7 Å². The number of ether oxygens (including phenoxy) is 2. The second kappa shape index (κ2) is 6.75. The molecule has 1 aliphatic heterocycles. The molecule has 1 aliphatic rings. The number of hydrogen-bond donors (Lipinski definition) is 0. The van der Waals surface area contributed by atoms with E-state index in [1.165, 1.54) is 24.2 Å². The standard InChI is InChI=1S/C16H16F3N3O3/c1-24-13-5-3-2-4-12(13)22-9-11(8-20-22)15(23)21-6-7-25-14(10-21)16(17,18)19/h2-5,8-9,14H,6-7,10H2,1H3/t14-/m1/s1. The van der Waals surface area contributed by atoms with E-state index in [9.17, 15) is 18.0 Å². The second-order valence-electron chi connectivity index (χ2n) is 5.50. The number of methoxy groups -OCH3 is 1. The molecule has 1 aromatic heterocycles. The highest BCUT2D eigenvalue weighted by Gasteiger charge is 2.44. The van der Waals surface area contributed by atoms with Gasteiger partial charge in [-0.05, 0) is 12.1 Å². The molecule has 0 aliphatic carbocycles. The zero-order valence-corrected chi connectivity index (χ0v) is 13.4. The molecule has 1 fully saturated rings. The fraction of sp³-hybridized carbons (Fsp3) is 0.375. The van der Waals surface area contributed by atoms with Crippen LogP contribution in [0.25, 0.3) is 5.69 Å². The van der Waals surface area contributed by atoms with E-state index in [0.717, 1.165) is 4.90 Å². The lowest BCUT2D eigenvalue weighted by molar-refractivity contribution is -0.233. The van der Waals surface area contributed by atoms with Crippen molar-refractivity contribution < 1.29 is 27.4 Å². The average molecular weight is 355 g/mol. The van der Waals surface area contributed by atoms with Crippen molar-refractivity contribution in [2.45, 2.75) is 12.3 Å². The van der Waals surface area contributed by atoms with Crippen molar-refractivity contribution in [1.82, 2.24) is 14.7 Å². The smallest absolute Gasteiger partial charge is 0.416 e. The van der Waals surface area contributed by atoms with Gasteiger partial charge in [0.15, 0.2) is 6.10 Å². The molecule has 6 nitrogen and oxygen atoms in total. The number of aromatic nitrogens is 2. The highest BCUT2D eigenvalue weighted by Crippen LogP contribution is 2.27. The fourth-order valence-electron chi connectivity index (χ4n) is 2.60. The molecule has 1 aromatic carbocycles. The Morgan fingerprint density at radius 3 is 2.84 bits per heavy atom. The van der Waals surface area contributed by atoms with Crippen LogP contribution >= 0.6 is 0 Å². The van der Waals surface area contributed by atoms with Crippen molar-refractivity contribution in [3.63, 3.8) is 0 Å². The van der Waals surface area contributed by atoms with Gasteiger partial charge in [-0.2, -0.15) is 18.3 Å². The molecule has 1 amide bonds. The van der Waals surface area contributed by atoms with E-state index in [0.29, 0.717) is 11.4 Å². The third-order valence-electron chi connectivity index (χ3n) is 3.88. The van der Waals surface area contributed by atoms with Crippen LogP contribution in [0.1, 0.15) is 10.4 Å². The largest absolute Gasteiger partial charge is 0.494 e. The van der Waals surface area contributed by atoms with Crippen LogP contribution in [0, 0.1) is 0 Å². The number of hydrogen-bond acceptors (Lipinski definition) is 4. The summed E-state index contributed by atoms with van der Waals surface area (Å²) in [5, 5.41) is 4.11.